The molecule has 6 heteroatoms. The van der Waals surface area contributed by atoms with Crippen molar-refractivity contribution in [1.82, 2.24) is 0 Å². The number of anilines is 1. The Bertz CT molecular complexity index is 704. The van der Waals surface area contributed by atoms with E-state index in [1.807, 2.05) is 32.0 Å². The predicted molar refractivity (Wildman–Crippen MR) is 93.8 cm³/mol. The van der Waals surface area contributed by atoms with Gasteiger partial charge < -0.3 is 5.32 Å². The van der Waals surface area contributed by atoms with Crippen LogP contribution >= 0.6 is 34.7 Å². The van der Waals surface area contributed by atoms with Gasteiger partial charge in [-0.1, -0.05) is 18.5 Å². The van der Waals surface area contributed by atoms with Crippen LogP contribution in [0.1, 0.15) is 24.3 Å². The lowest BCUT2D eigenvalue weighted by atomic mass is 10.3. The number of nitrogens with one attached hydrogen (secondary N) is 1. The van der Waals surface area contributed by atoms with E-state index >= 15 is 0 Å². The Hall–Kier alpha value is -1.48. The smallest absolute Gasteiger partial charge is 0.238 e. The van der Waals surface area contributed by atoms with E-state index in [4.69, 9.17) is 16.9 Å². The number of carbonyl (C=O) groups excluding carboxylic acids is 1. The minimum atomic E-state index is -0.264. The zero-order valence-corrected chi connectivity index (χ0v) is 14.6. The fraction of sp³-hybridized carbons (Fsp3) is 0.250. The van der Waals surface area contributed by atoms with Crippen molar-refractivity contribution < 1.29 is 4.79 Å². The minimum absolute atomic E-state index is 0.110. The summed E-state index contributed by atoms with van der Waals surface area (Å²) < 4.78 is 0. The minimum Gasteiger partial charge on any atom is -0.316 e. The van der Waals surface area contributed by atoms with Crippen LogP contribution in [0.5, 0.6) is 0 Å². The summed E-state index contributed by atoms with van der Waals surface area (Å²) in [7, 11) is 0. The molecule has 0 spiro atoms. The van der Waals surface area contributed by atoms with Crippen molar-refractivity contribution in [3.05, 3.63) is 45.8 Å². The number of amides is 1. The van der Waals surface area contributed by atoms with Gasteiger partial charge in [0.05, 0.1) is 10.8 Å². The van der Waals surface area contributed by atoms with Gasteiger partial charge in [-0.25, -0.2) is 0 Å². The Morgan fingerprint density at radius 2 is 2.14 bits per heavy atom. The molecule has 22 heavy (non-hydrogen) atoms. The lowest BCUT2D eigenvalue weighted by Crippen LogP contribution is -2.22. The maximum atomic E-state index is 12.3. The van der Waals surface area contributed by atoms with Gasteiger partial charge in [-0.15, -0.1) is 23.1 Å². The van der Waals surface area contributed by atoms with Crippen molar-refractivity contribution in [3.63, 3.8) is 0 Å². The molecule has 0 bridgehead atoms. The zero-order chi connectivity index (χ0) is 16.1. The molecule has 1 atom stereocenters. The molecule has 0 saturated heterocycles. The Labute approximate surface area is 143 Å². The van der Waals surface area contributed by atoms with E-state index in [1.54, 1.807) is 12.1 Å². The van der Waals surface area contributed by atoms with Gasteiger partial charge in [-0.3, -0.25) is 4.79 Å². The molecule has 2 aromatic rings. The molecule has 1 unspecified atom stereocenters. The van der Waals surface area contributed by atoms with Crippen LogP contribution in [0.25, 0.3) is 0 Å². The van der Waals surface area contributed by atoms with Crippen LogP contribution in [-0.2, 0) is 11.2 Å². The van der Waals surface area contributed by atoms with Gasteiger partial charge in [0.25, 0.3) is 0 Å². The fourth-order valence-electron chi connectivity index (χ4n) is 1.78. The lowest BCUT2D eigenvalue weighted by Gasteiger charge is -2.11. The zero-order valence-electron chi connectivity index (χ0n) is 12.2. The molecule has 0 radical (unpaired) electrons. The number of nitrogens with zero attached hydrogens (tertiary/aromatic N) is 1. The molecule has 1 aromatic heterocycles. The number of carbonyl (C=O) groups is 1. The largest absolute Gasteiger partial charge is 0.316 e. The van der Waals surface area contributed by atoms with Gasteiger partial charge in [-0.2, -0.15) is 5.26 Å². The normalized spacial score (nSPS) is 11.7. The van der Waals surface area contributed by atoms with Crippen molar-refractivity contribution >= 4 is 45.6 Å². The van der Waals surface area contributed by atoms with Crippen LogP contribution in [0.4, 0.5) is 5.00 Å². The molecule has 1 N–H and O–H groups in total. The standard InChI is InChI=1S/C16H15ClN2OS2/c1-3-13-8-11(9-18)16(22-13)19-15(20)10(2)21-14-6-4-12(17)5-7-14/h4-8,10H,3H2,1-2H3,(H,19,20). The van der Waals surface area contributed by atoms with Crippen LogP contribution in [-0.4, -0.2) is 11.2 Å². The van der Waals surface area contributed by atoms with E-state index in [0.717, 1.165) is 16.2 Å². The molecule has 0 fully saturated rings. The van der Waals surface area contributed by atoms with Crippen LogP contribution in [0, 0.1) is 11.3 Å². The number of hydrogen-bond acceptors (Lipinski definition) is 4. The Kier molecular flexibility index (Phi) is 5.90. The third kappa shape index (κ3) is 4.26. The first-order valence-electron chi connectivity index (χ1n) is 6.79. The fourth-order valence-corrected chi connectivity index (χ4v) is 3.72. The number of hydrogen-bond donors (Lipinski definition) is 1. The first kappa shape index (κ1) is 16.9. The Balaban J connectivity index is 2.04. The van der Waals surface area contributed by atoms with Crippen molar-refractivity contribution in [1.29, 1.82) is 5.26 Å². The van der Waals surface area contributed by atoms with Crippen LogP contribution < -0.4 is 5.32 Å². The summed E-state index contributed by atoms with van der Waals surface area (Å²) in [5.74, 6) is -0.110. The highest BCUT2D eigenvalue weighted by Gasteiger charge is 2.17. The number of thioether (sulfide) groups is 1. The van der Waals surface area contributed by atoms with Gasteiger partial charge in [-0.05, 0) is 43.7 Å². The summed E-state index contributed by atoms with van der Waals surface area (Å²) in [6.07, 6.45) is 0.851. The number of benzene rings is 1. The summed E-state index contributed by atoms with van der Waals surface area (Å²) in [6, 6.07) is 11.3. The average molecular weight is 351 g/mol. The number of thiophene rings is 1. The first-order valence-corrected chi connectivity index (χ1v) is 8.86. The number of nitriles is 1. The number of halogens is 1. The third-order valence-electron chi connectivity index (χ3n) is 2.98. The van der Waals surface area contributed by atoms with Gasteiger partial charge in [0, 0.05) is 14.8 Å². The quantitative estimate of drug-likeness (QED) is 0.776. The molecule has 1 aromatic carbocycles. The lowest BCUT2D eigenvalue weighted by molar-refractivity contribution is -0.115. The maximum absolute atomic E-state index is 12.3. The molecule has 3 nitrogen and oxygen atoms in total. The molecular formula is C16H15ClN2OS2. The Morgan fingerprint density at radius 1 is 1.45 bits per heavy atom. The highest BCUT2D eigenvalue weighted by atomic mass is 35.5. The topological polar surface area (TPSA) is 52.9 Å². The maximum Gasteiger partial charge on any atom is 0.238 e. The molecular weight excluding hydrogens is 336 g/mol. The summed E-state index contributed by atoms with van der Waals surface area (Å²) in [5, 5.41) is 13.0. The van der Waals surface area contributed by atoms with Gasteiger partial charge >= 0.3 is 0 Å². The molecule has 0 aliphatic heterocycles. The van der Waals surface area contributed by atoms with Crippen LogP contribution in [0.3, 0.4) is 0 Å². The van der Waals surface area contributed by atoms with Gasteiger partial charge in [0.2, 0.25) is 5.91 Å². The van der Waals surface area contributed by atoms with Gasteiger partial charge in [0.15, 0.2) is 0 Å². The molecule has 1 heterocycles. The van der Waals surface area contributed by atoms with Crippen molar-refractivity contribution in [2.24, 2.45) is 0 Å². The van der Waals surface area contributed by atoms with E-state index < -0.39 is 0 Å². The summed E-state index contributed by atoms with van der Waals surface area (Å²) in [5.41, 5.74) is 0.527. The molecule has 1 amide bonds. The van der Waals surface area contributed by atoms with Crippen molar-refractivity contribution in [3.8, 4) is 6.07 Å². The Morgan fingerprint density at radius 3 is 2.73 bits per heavy atom. The predicted octanol–water partition coefficient (Wildman–Crippen LogP) is 4.95. The van der Waals surface area contributed by atoms with Crippen molar-refractivity contribution in [2.45, 2.75) is 30.4 Å². The molecule has 0 aliphatic carbocycles. The average Bonchev–Trinajstić information content (AvgIpc) is 2.91. The van der Waals surface area contributed by atoms with E-state index in [1.165, 1.54) is 23.1 Å². The number of aryl methyl sites for hydroxylation is 1. The van der Waals surface area contributed by atoms with E-state index in [2.05, 4.69) is 11.4 Å². The molecule has 2 rings (SSSR count). The van der Waals surface area contributed by atoms with Gasteiger partial charge in [0.1, 0.15) is 11.1 Å². The summed E-state index contributed by atoms with van der Waals surface area (Å²) in [4.78, 5) is 14.4. The molecule has 0 aliphatic rings. The monoisotopic (exact) mass is 350 g/mol. The summed E-state index contributed by atoms with van der Waals surface area (Å²) in [6.45, 7) is 3.87. The number of rotatable bonds is 5. The summed E-state index contributed by atoms with van der Waals surface area (Å²) >= 11 is 8.76. The second-order valence-electron chi connectivity index (χ2n) is 4.62. The first-order chi connectivity index (χ1) is 10.5. The second-order valence-corrected chi connectivity index (χ2v) is 7.61. The second kappa shape index (κ2) is 7.68. The highest BCUT2D eigenvalue weighted by Crippen LogP contribution is 2.30. The molecule has 0 saturated carbocycles. The SMILES string of the molecule is CCc1cc(C#N)c(NC(=O)C(C)Sc2ccc(Cl)cc2)s1. The third-order valence-corrected chi connectivity index (χ3v) is 5.54. The van der Waals surface area contributed by atoms with Crippen LogP contribution in [0.2, 0.25) is 5.02 Å². The van der Waals surface area contributed by atoms with E-state index in [9.17, 15) is 4.79 Å². The van der Waals surface area contributed by atoms with E-state index in [0.29, 0.717) is 15.6 Å². The van der Waals surface area contributed by atoms with Crippen LogP contribution in [0.15, 0.2) is 35.2 Å². The van der Waals surface area contributed by atoms with Crippen molar-refractivity contribution in [2.75, 3.05) is 5.32 Å². The molecule has 114 valence electrons. The van der Waals surface area contributed by atoms with E-state index in [-0.39, 0.29) is 11.2 Å². The highest BCUT2D eigenvalue weighted by molar-refractivity contribution is 8.00.